The van der Waals surface area contributed by atoms with Crippen LogP contribution in [0.5, 0.6) is 11.5 Å². The molecule has 0 aromatic heterocycles. The Labute approximate surface area is 151 Å². The second kappa shape index (κ2) is 6.71. The molecular weight excluding hydrogens is 332 g/mol. The lowest BCUT2D eigenvalue weighted by Gasteiger charge is -2.16. The molecule has 1 saturated heterocycles. The Hall–Kier alpha value is -3.02. The third-order valence-corrected chi connectivity index (χ3v) is 4.73. The molecule has 1 fully saturated rings. The minimum absolute atomic E-state index is 0.226. The zero-order valence-corrected chi connectivity index (χ0v) is 14.6. The molecule has 6 nitrogen and oxygen atoms in total. The fourth-order valence-electron chi connectivity index (χ4n) is 3.29. The van der Waals surface area contributed by atoms with Crippen molar-refractivity contribution < 1.29 is 19.1 Å². The van der Waals surface area contributed by atoms with Crippen LogP contribution in [0.3, 0.4) is 0 Å². The summed E-state index contributed by atoms with van der Waals surface area (Å²) in [5.74, 6) is 0.977. The van der Waals surface area contributed by atoms with E-state index < -0.39 is 6.04 Å². The minimum atomic E-state index is -0.513. The first-order chi connectivity index (χ1) is 12.6. The summed E-state index contributed by atoms with van der Waals surface area (Å²) in [6.07, 6.45) is 1.29. The molecule has 2 aliphatic heterocycles. The number of hydrogen-bond acceptors (Lipinski definition) is 4. The van der Waals surface area contributed by atoms with Gasteiger partial charge in [0.25, 0.3) is 5.91 Å². The number of urea groups is 1. The fraction of sp³-hybridized carbons (Fsp3) is 0.300. The van der Waals surface area contributed by atoms with Gasteiger partial charge >= 0.3 is 6.03 Å². The highest BCUT2D eigenvalue weighted by Crippen LogP contribution is 2.35. The topological polar surface area (TPSA) is 59.1 Å². The summed E-state index contributed by atoms with van der Waals surface area (Å²) < 4.78 is 11.3. The third kappa shape index (κ3) is 2.87. The van der Waals surface area contributed by atoms with Crippen molar-refractivity contribution in [1.29, 1.82) is 0 Å². The molecule has 2 heterocycles. The van der Waals surface area contributed by atoms with E-state index >= 15 is 0 Å². The Kier molecular flexibility index (Phi) is 4.24. The highest BCUT2D eigenvalue weighted by molar-refractivity contribution is 6.21. The van der Waals surface area contributed by atoms with Crippen molar-refractivity contribution >= 4 is 17.6 Å². The summed E-state index contributed by atoms with van der Waals surface area (Å²) in [5.41, 5.74) is 1.53. The second-order valence-corrected chi connectivity index (χ2v) is 6.45. The van der Waals surface area contributed by atoms with Crippen molar-refractivity contribution in [3.63, 3.8) is 0 Å². The van der Waals surface area contributed by atoms with E-state index in [1.807, 2.05) is 30.3 Å². The SMILES string of the molecule is CN1C(=O)N(c2ccc3c(c2)OCCCO3)C(=O)C1Cc1ccccc1. The molecule has 0 saturated carbocycles. The number of nitrogens with zero attached hydrogens (tertiary/aromatic N) is 2. The lowest BCUT2D eigenvalue weighted by molar-refractivity contribution is -0.119. The van der Waals surface area contributed by atoms with Crippen LogP contribution in [0, 0.1) is 0 Å². The number of benzene rings is 2. The lowest BCUT2D eigenvalue weighted by atomic mass is 10.1. The number of amides is 3. The molecule has 0 N–H and O–H groups in total. The van der Waals surface area contributed by atoms with Crippen LogP contribution in [-0.4, -0.2) is 43.1 Å². The number of rotatable bonds is 3. The van der Waals surface area contributed by atoms with E-state index in [-0.39, 0.29) is 11.9 Å². The third-order valence-electron chi connectivity index (χ3n) is 4.73. The quantitative estimate of drug-likeness (QED) is 0.797. The minimum Gasteiger partial charge on any atom is -0.490 e. The highest BCUT2D eigenvalue weighted by Gasteiger charge is 2.44. The van der Waals surface area contributed by atoms with Crippen molar-refractivity contribution in [2.75, 3.05) is 25.2 Å². The van der Waals surface area contributed by atoms with Gasteiger partial charge in [-0.1, -0.05) is 30.3 Å². The molecular formula is C20H20N2O4. The number of anilines is 1. The van der Waals surface area contributed by atoms with Crippen molar-refractivity contribution in [2.45, 2.75) is 18.9 Å². The van der Waals surface area contributed by atoms with E-state index in [4.69, 9.17) is 9.47 Å². The molecule has 134 valence electrons. The van der Waals surface area contributed by atoms with Gasteiger partial charge in [0.05, 0.1) is 18.9 Å². The van der Waals surface area contributed by atoms with E-state index in [9.17, 15) is 9.59 Å². The number of ether oxygens (including phenoxy) is 2. The predicted molar refractivity (Wildman–Crippen MR) is 96.6 cm³/mol. The van der Waals surface area contributed by atoms with Crippen molar-refractivity contribution in [2.24, 2.45) is 0 Å². The average molecular weight is 352 g/mol. The number of likely N-dealkylation sites (N-methyl/N-ethyl adjacent to an activating group) is 1. The van der Waals surface area contributed by atoms with Gasteiger partial charge in [0.15, 0.2) is 11.5 Å². The maximum Gasteiger partial charge on any atom is 0.331 e. The molecule has 0 radical (unpaired) electrons. The van der Waals surface area contributed by atoms with Crippen LogP contribution < -0.4 is 14.4 Å². The van der Waals surface area contributed by atoms with Crippen LogP contribution in [0.2, 0.25) is 0 Å². The standard InChI is InChI=1S/C20H20N2O4/c1-21-16(12-14-6-3-2-4-7-14)19(23)22(20(21)24)15-8-9-17-18(13-15)26-11-5-10-25-17/h2-4,6-9,13,16H,5,10-12H2,1H3. The van der Waals surface area contributed by atoms with E-state index in [2.05, 4.69) is 0 Å². The normalized spacial score (nSPS) is 19.7. The van der Waals surface area contributed by atoms with E-state index in [1.54, 1.807) is 25.2 Å². The van der Waals surface area contributed by atoms with Crippen LogP contribution in [-0.2, 0) is 11.2 Å². The van der Waals surface area contributed by atoms with E-state index in [1.165, 1.54) is 9.80 Å². The Balaban J connectivity index is 1.62. The van der Waals surface area contributed by atoms with Gasteiger partial charge in [-0.3, -0.25) is 4.79 Å². The van der Waals surface area contributed by atoms with Gasteiger partial charge in [-0.05, 0) is 17.7 Å². The Morgan fingerprint density at radius 3 is 2.50 bits per heavy atom. The summed E-state index contributed by atoms with van der Waals surface area (Å²) in [5, 5.41) is 0. The molecule has 1 atom stereocenters. The molecule has 1 unspecified atom stereocenters. The molecule has 2 aromatic rings. The van der Waals surface area contributed by atoms with Crippen molar-refractivity contribution in [3.05, 3.63) is 54.1 Å². The summed E-state index contributed by atoms with van der Waals surface area (Å²) in [7, 11) is 1.66. The predicted octanol–water partition coefficient (Wildman–Crippen LogP) is 2.86. The van der Waals surface area contributed by atoms with Gasteiger partial charge in [0.2, 0.25) is 0 Å². The summed E-state index contributed by atoms with van der Waals surface area (Å²) in [4.78, 5) is 28.4. The maximum absolute atomic E-state index is 13.0. The van der Waals surface area contributed by atoms with Crippen LogP contribution in [0.1, 0.15) is 12.0 Å². The molecule has 2 aromatic carbocycles. The van der Waals surface area contributed by atoms with Gasteiger partial charge < -0.3 is 14.4 Å². The van der Waals surface area contributed by atoms with Gasteiger partial charge in [0, 0.05) is 26.0 Å². The van der Waals surface area contributed by atoms with Crippen LogP contribution in [0.4, 0.5) is 10.5 Å². The molecule has 0 spiro atoms. The molecule has 3 amide bonds. The van der Waals surface area contributed by atoms with Gasteiger partial charge in [0.1, 0.15) is 6.04 Å². The first-order valence-electron chi connectivity index (χ1n) is 8.69. The average Bonchev–Trinajstić information content (AvgIpc) is 2.84. The Morgan fingerprint density at radius 1 is 1.00 bits per heavy atom. The molecule has 2 aliphatic rings. The molecule has 0 aliphatic carbocycles. The monoisotopic (exact) mass is 352 g/mol. The van der Waals surface area contributed by atoms with Gasteiger partial charge in [-0.25, -0.2) is 9.69 Å². The molecule has 26 heavy (non-hydrogen) atoms. The van der Waals surface area contributed by atoms with Gasteiger partial charge in [-0.15, -0.1) is 0 Å². The van der Waals surface area contributed by atoms with Gasteiger partial charge in [-0.2, -0.15) is 0 Å². The van der Waals surface area contributed by atoms with E-state index in [0.29, 0.717) is 36.8 Å². The smallest absolute Gasteiger partial charge is 0.331 e. The van der Waals surface area contributed by atoms with Crippen molar-refractivity contribution in [3.8, 4) is 11.5 Å². The molecule has 6 heteroatoms. The van der Waals surface area contributed by atoms with Crippen LogP contribution in [0.25, 0.3) is 0 Å². The number of imide groups is 1. The number of fused-ring (bicyclic) bond motifs is 1. The number of carbonyl (C=O) groups excluding carboxylic acids is 2. The first kappa shape index (κ1) is 16.4. The zero-order chi connectivity index (χ0) is 18.1. The Bertz CT molecular complexity index is 837. The summed E-state index contributed by atoms with van der Waals surface area (Å²) in [6, 6.07) is 14.0. The summed E-state index contributed by atoms with van der Waals surface area (Å²) >= 11 is 0. The maximum atomic E-state index is 13.0. The first-order valence-corrected chi connectivity index (χ1v) is 8.69. The fourth-order valence-corrected chi connectivity index (χ4v) is 3.29. The Morgan fingerprint density at radius 2 is 1.73 bits per heavy atom. The lowest BCUT2D eigenvalue weighted by Crippen LogP contribution is -2.33. The number of hydrogen-bond donors (Lipinski definition) is 0. The number of carbonyl (C=O) groups is 2. The largest absolute Gasteiger partial charge is 0.490 e. The van der Waals surface area contributed by atoms with Crippen molar-refractivity contribution in [1.82, 2.24) is 4.90 Å². The molecule has 4 rings (SSSR count). The molecule has 0 bridgehead atoms. The van der Waals surface area contributed by atoms with Crippen LogP contribution >= 0.6 is 0 Å². The summed E-state index contributed by atoms with van der Waals surface area (Å²) in [6.45, 7) is 1.14. The van der Waals surface area contributed by atoms with Crippen LogP contribution in [0.15, 0.2) is 48.5 Å². The van der Waals surface area contributed by atoms with E-state index in [0.717, 1.165) is 12.0 Å². The zero-order valence-electron chi connectivity index (χ0n) is 14.6. The highest BCUT2D eigenvalue weighted by atomic mass is 16.5. The second-order valence-electron chi connectivity index (χ2n) is 6.45.